The van der Waals surface area contributed by atoms with E-state index < -0.39 is 11.9 Å². The van der Waals surface area contributed by atoms with Gasteiger partial charge in [-0.25, -0.2) is 4.39 Å². The lowest BCUT2D eigenvalue weighted by molar-refractivity contribution is 0.170. The number of benzene rings is 1. The zero-order valence-electron chi connectivity index (χ0n) is 9.50. The summed E-state index contributed by atoms with van der Waals surface area (Å²) in [6.45, 7) is 4.51. The number of halogens is 2. The molecule has 2 unspecified atom stereocenters. The standard InChI is InChI=1S/C12H17ClFNO/c1-3-8(2)15-7-12(16)9-4-5-10(13)11(14)6-9/h4-6,8,12,15-16H,3,7H2,1-2H3. The summed E-state index contributed by atoms with van der Waals surface area (Å²) in [5.41, 5.74) is 0.540. The average molecular weight is 246 g/mol. The molecule has 1 rings (SSSR count). The molecule has 1 aromatic rings. The second kappa shape index (κ2) is 6.18. The highest BCUT2D eigenvalue weighted by Gasteiger charge is 2.10. The molecular weight excluding hydrogens is 229 g/mol. The van der Waals surface area contributed by atoms with Gasteiger partial charge in [0.05, 0.1) is 11.1 Å². The third-order valence-electron chi connectivity index (χ3n) is 2.60. The van der Waals surface area contributed by atoms with Gasteiger partial charge < -0.3 is 10.4 Å². The molecule has 0 amide bonds. The van der Waals surface area contributed by atoms with Crippen LogP contribution in [0.5, 0.6) is 0 Å². The Morgan fingerprint density at radius 2 is 2.19 bits per heavy atom. The molecule has 0 spiro atoms. The van der Waals surface area contributed by atoms with Gasteiger partial charge >= 0.3 is 0 Å². The number of hydrogen-bond donors (Lipinski definition) is 2. The van der Waals surface area contributed by atoms with E-state index in [-0.39, 0.29) is 5.02 Å². The van der Waals surface area contributed by atoms with Gasteiger partial charge in [-0.05, 0) is 31.0 Å². The number of aliphatic hydroxyl groups excluding tert-OH is 1. The minimum atomic E-state index is -0.708. The molecule has 16 heavy (non-hydrogen) atoms. The van der Waals surface area contributed by atoms with Crippen molar-refractivity contribution < 1.29 is 9.50 Å². The molecule has 2 N–H and O–H groups in total. The van der Waals surface area contributed by atoms with Gasteiger partial charge in [0.2, 0.25) is 0 Å². The SMILES string of the molecule is CCC(C)NCC(O)c1ccc(Cl)c(F)c1. The normalized spacial score (nSPS) is 14.8. The maximum atomic E-state index is 13.1. The van der Waals surface area contributed by atoms with Gasteiger partial charge in [0.25, 0.3) is 0 Å². The van der Waals surface area contributed by atoms with Gasteiger partial charge in [-0.1, -0.05) is 24.6 Å². The van der Waals surface area contributed by atoms with Gasteiger partial charge in [-0.3, -0.25) is 0 Å². The second-order valence-corrected chi connectivity index (χ2v) is 4.31. The Kier molecular flexibility index (Phi) is 5.19. The Labute approximate surface area is 100 Å². The first-order valence-corrected chi connectivity index (χ1v) is 5.78. The molecule has 0 radical (unpaired) electrons. The van der Waals surface area contributed by atoms with Gasteiger partial charge in [0.15, 0.2) is 0 Å². The molecule has 0 saturated carbocycles. The van der Waals surface area contributed by atoms with Gasteiger partial charge in [0, 0.05) is 12.6 Å². The van der Waals surface area contributed by atoms with E-state index in [1.54, 1.807) is 6.07 Å². The van der Waals surface area contributed by atoms with Crippen LogP contribution in [0.4, 0.5) is 4.39 Å². The minimum Gasteiger partial charge on any atom is -0.387 e. The molecule has 0 heterocycles. The minimum absolute atomic E-state index is 0.0748. The van der Waals surface area contributed by atoms with Crippen LogP contribution in [0.2, 0.25) is 5.02 Å². The van der Waals surface area contributed by atoms with Crippen LogP contribution < -0.4 is 5.32 Å². The largest absolute Gasteiger partial charge is 0.387 e. The molecule has 2 atom stereocenters. The summed E-state index contributed by atoms with van der Waals surface area (Å²) >= 11 is 5.56. The average Bonchev–Trinajstić information content (AvgIpc) is 2.29. The van der Waals surface area contributed by atoms with Crippen molar-refractivity contribution in [3.63, 3.8) is 0 Å². The van der Waals surface area contributed by atoms with Crippen molar-refractivity contribution in [2.75, 3.05) is 6.54 Å². The summed E-state index contributed by atoms with van der Waals surface area (Å²) in [6, 6.07) is 4.70. The fourth-order valence-electron chi connectivity index (χ4n) is 1.29. The highest BCUT2D eigenvalue weighted by Crippen LogP contribution is 2.19. The van der Waals surface area contributed by atoms with Crippen molar-refractivity contribution in [1.29, 1.82) is 0 Å². The predicted molar refractivity (Wildman–Crippen MR) is 64.1 cm³/mol. The van der Waals surface area contributed by atoms with Gasteiger partial charge in [-0.15, -0.1) is 0 Å². The highest BCUT2D eigenvalue weighted by molar-refractivity contribution is 6.30. The Morgan fingerprint density at radius 3 is 2.75 bits per heavy atom. The molecule has 0 fully saturated rings. The lowest BCUT2D eigenvalue weighted by Gasteiger charge is -2.16. The number of nitrogens with one attached hydrogen (secondary N) is 1. The Bertz CT molecular complexity index is 346. The van der Waals surface area contributed by atoms with E-state index in [0.717, 1.165) is 6.42 Å². The quantitative estimate of drug-likeness (QED) is 0.836. The predicted octanol–water partition coefficient (Wildman–Crippen LogP) is 2.90. The molecule has 0 aliphatic carbocycles. The maximum Gasteiger partial charge on any atom is 0.142 e. The molecule has 0 aliphatic rings. The first-order valence-electron chi connectivity index (χ1n) is 5.41. The lowest BCUT2D eigenvalue weighted by Crippen LogP contribution is -2.29. The first-order chi connectivity index (χ1) is 7.54. The molecule has 0 saturated heterocycles. The molecule has 0 aromatic heterocycles. The molecule has 1 aromatic carbocycles. The zero-order valence-corrected chi connectivity index (χ0v) is 10.3. The third kappa shape index (κ3) is 3.74. The van der Waals surface area contributed by atoms with Crippen molar-refractivity contribution in [3.05, 3.63) is 34.6 Å². The molecule has 4 heteroatoms. The maximum absolute atomic E-state index is 13.1. The molecule has 0 bridgehead atoms. The monoisotopic (exact) mass is 245 g/mol. The van der Waals surface area contributed by atoms with E-state index in [9.17, 15) is 9.50 Å². The van der Waals surface area contributed by atoms with Crippen molar-refractivity contribution >= 4 is 11.6 Å². The van der Waals surface area contributed by atoms with E-state index >= 15 is 0 Å². The molecule has 90 valence electrons. The van der Waals surface area contributed by atoms with Crippen molar-refractivity contribution in [1.82, 2.24) is 5.32 Å². The Balaban J connectivity index is 2.59. The molecular formula is C12H17ClFNO. The van der Waals surface area contributed by atoms with Crippen molar-refractivity contribution in [3.8, 4) is 0 Å². The van der Waals surface area contributed by atoms with Crippen molar-refractivity contribution in [2.45, 2.75) is 32.4 Å². The number of rotatable bonds is 5. The van der Waals surface area contributed by atoms with Gasteiger partial charge in [-0.2, -0.15) is 0 Å². The van der Waals surface area contributed by atoms with E-state index in [2.05, 4.69) is 12.2 Å². The van der Waals surface area contributed by atoms with Crippen LogP contribution in [0.3, 0.4) is 0 Å². The second-order valence-electron chi connectivity index (χ2n) is 3.91. The van der Waals surface area contributed by atoms with Crippen LogP contribution in [0.25, 0.3) is 0 Å². The number of aliphatic hydroxyl groups is 1. The molecule has 0 aliphatic heterocycles. The Morgan fingerprint density at radius 1 is 1.50 bits per heavy atom. The van der Waals surface area contributed by atoms with Crippen LogP contribution in [0.1, 0.15) is 31.9 Å². The van der Waals surface area contributed by atoms with E-state index in [1.807, 2.05) is 6.92 Å². The van der Waals surface area contributed by atoms with Gasteiger partial charge in [0.1, 0.15) is 5.82 Å². The van der Waals surface area contributed by atoms with Crippen LogP contribution in [0.15, 0.2) is 18.2 Å². The van der Waals surface area contributed by atoms with Crippen LogP contribution in [-0.2, 0) is 0 Å². The van der Waals surface area contributed by atoms with Crippen molar-refractivity contribution in [2.24, 2.45) is 0 Å². The lowest BCUT2D eigenvalue weighted by atomic mass is 10.1. The highest BCUT2D eigenvalue weighted by atomic mass is 35.5. The van der Waals surface area contributed by atoms with Crippen LogP contribution in [0, 0.1) is 5.82 Å². The number of hydrogen-bond acceptors (Lipinski definition) is 2. The molecule has 2 nitrogen and oxygen atoms in total. The summed E-state index contributed by atoms with van der Waals surface area (Å²) in [4.78, 5) is 0. The first kappa shape index (κ1) is 13.4. The zero-order chi connectivity index (χ0) is 12.1. The fourth-order valence-corrected chi connectivity index (χ4v) is 1.41. The Hall–Kier alpha value is -0.640. The topological polar surface area (TPSA) is 32.3 Å². The summed E-state index contributed by atoms with van der Waals surface area (Å²) in [7, 11) is 0. The summed E-state index contributed by atoms with van der Waals surface area (Å²) in [5, 5.41) is 13.0. The summed E-state index contributed by atoms with van der Waals surface area (Å²) < 4.78 is 13.1. The van der Waals surface area contributed by atoms with Crippen LogP contribution in [-0.4, -0.2) is 17.7 Å². The fraction of sp³-hybridized carbons (Fsp3) is 0.500. The third-order valence-corrected chi connectivity index (χ3v) is 2.91. The smallest absolute Gasteiger partial charge is 0.142 e. The van der Waals surface area contributed by atoms with Crippen LogP contribution >= 0.6 is 11.6 Å². The van der Waals surface area contributed by atoms with E-state index in [0.29, 0.717) is 18.2 Å². The summed E-state index contributed by atoms with van der Waals surface area (Å²) in [5.74, 6) is -0.498. The van der Waals surface area contributed by atoms with E-state index in [4.69, 9.17) is 11.6 Å². The summed E-state index contributed by atoms with van der Waals surface area (Å²) in [6.07, 6.45) is 0.280. The van der Waals surface area contributed by atoms with E-state index in [1.165, 1.54) is 12.1 Å².